The van der Waals surface area contributed by atoms with Crippen molar-refractivity contribution in [1.82, 2.24) is 9.24 Å². The fourth-order valence-electron chi connectivity index (χ4n) is 3.75. The van der Waals surface area contributed by atoms with Crippen LogP contribution in [0.1, 0.15) is 23.7 Å². The molecule has 1 aromatic heterocycles. The van der Waals surface area contributed by atoms with E-state index in [0.29, 0.717) is 28.8 Å². The molecule has 3 aromatic rings. The number of halogens is 2. The standard InChI is InChI=1S/C22H25Cl2N2O4P/c1-25(2)8-6-15-14-26(21-13-19(28-3)4-5-20(15)21)31(27)29-9-7-22(30-31)16-10-17(23)12-18(24)11-16/h4-5,10-14,22H,6-9H2,1-3H3. The Hall–Kier alpha value is -1.53. The molecule has 9 heteroatoms. The monoisotopic (exact) mass is 482 g/mol. The normalized spacial score (nSPS) is 21.7. The second-order valence-corrected chi connectivity index (χ2v) is 10.5. The van der Waals surface area contributed by atoms with Crippen molar-refractivity contribution < 1.29 is 18.3 Å². The first-order valence-corrected chi connectivity index (χ1v) is 12.3. The van der Waals surface area contributed by atoms with Crippen LogP contribution >= 0.6 is 30.9 Å². The minimum absolute atomic E-state index is 0.294. The topological polar surface area (TPSA) is 52.9 Å². The Kier molecular flexibility index (Phi) is 6.68. The van der Waals surface area contributed by atoms with Gasteiger partial charge in [0.05, 0.1) is 25.3 Å². The van der Waals surface area contributed by atoms with E-state index in [4.69, 9.17) is 37.0 Å². The third-order valence-electron chi connectivity index (χ3n) is 5.32. The summed E-state index contributed by atoms with van der Waals surface area (Å²) in [6.45, 7) is 1.16. The van der Waals surface area contributed by atoms with Crippen molar-refractivity contribution in [3.05, 3.63) is 63.8 Å². The molecule has 31 heavy (non-hydrogen) atoms. The second-order valence-electron chi connectivity index (χ2n) is 7.82. The summed E-state index contributed by atoms with van der Waals surface area (Å²) < 4.78 is 32.9. The maximum Gasteiger partial charge on any atom is 0.439 e. The van der Waals surface area contributed by atoms with Crippen LogP contribution in [0.4, 0.5) is 0 Å². The van der Waals surface area contributed by atoms with Crippen LogP contribution in [0.15, 0.2) is 42.6 Å². The molecule has 1 fully saturated rings. The summed E-state index contributed by atoms with van der Waals surface area (Å²) >= 11 is 12.3. The average molecular weight is 483 g/mol. The van der Waals surface area contributed by atoms with Crippen LogP contribution in [0, 0.1) is 0 Å². The summed E-state index contributed by atoms with van der Waals surface area (Å²) in [7, 11) is 2.00. The molecule has 0 aliphatic carbocycles. The van der Waals surface area contributed by atoms with E-state index in [0.717, 1.165) is 35.0 Å². The minimum Gasteiger partial charge on any atom is -0.497 e. The number of fused-ring (bicyclic) bond motifs is 1. The first kappa shape index (κ1) is 22.7. The Balaban J connectivity index is 1.75. The number of nitrogens with zero attached hydrogens (tertiary/aromatic N) is 2. The van der Waals surface area contributed by atoms with E-state index in [9.17, 15) is 4.57 Å². The lowest BCUT2D eigenvalue weighted by atomic mass is 10.1. The number of benzene rings is 2. The highest BCUT2D eigenvalue weighted by Gasteiger charge is 2.38. The highest BCUT2D eigenvalue weighted by atomic mass is 35.5. The molecule has 1 saturated heterocycles. The third-order valence-corrected chi connectivity index (χ3v) is 7.64. The van der Waals surface area contributed by atoms with Crippen molar-refractivity contribution in [3.8, 4) is 5.75 Å². The quantitative estimate of drug-likeness (QED) is 0.391. The number of aromatic nitrogens is 1. The van der Waals surface area contributed by atoms with Crippen LogP contribution in [0.2, 0.25) is 10.0 Å². The lowest BCUT2D eigenvalue weighted by Gasteiger charge is -2.30. The minimum atomic E-state index is -3.66. The van der Waals surface area contributed by atoms with Crippen molar-refractivity contribution in [1.29, 1.82) is 0 Å². The Morgan fingerprint density at radius 3 is 2.61 bits per heavy atom. The van der Waals surface area contributed by atoms with Gasteiger partial charge in [0.15, 0.2) is 0 Å². The van der Waals surface area contributed by atoms with Gasteiger partial charge in [0.2, 0.25) is 0 Å². The molecule has 6 nitrogen and oxygen atoms in total. The lowest BCUT2D eigenvalue weighted by Crippen LogP contribution is -2.17. The highest BCUT2D eigenvalue weighted by molar-refractivity contribution is 7.52. The summed E-state index contributed by atoms with van der Waals surface area (Å²) in [4.78, 5) is 2.11. The van der Waals surface area contributed by atoms with Crippen LogP contribution < -0.4 is 4.74 Å². The largest absolute Gasteiger partial charge is 0.497 e. The van der Waals surface area contributed by atoms with Gasteiger partial charge < -0.3 is 9.64 Å². The van der Waals surface area contributed by atoms with Gasteiger partial charge in [-0.25, -0.2) is 4.57 Å². The number of rotatable bonds is 6. The van der Waals surface area contributed by atoms with Crippen molar-refractivity contribution in [2.75, 3.05) is 34.4 Å². The van der Waals surface area contributed by atoms with E-state index < -0.39 is 13.9 Å². The predicted molar refractivity (Wildman–Crippen MR) is 125 cm³/mol. The number of hydrogen-bond donors (Lipinski definition) is 0. The summed E-state index contributed by atoms with van der Waals surface area (Å²) in [6, 6.07) is 11.0. The molecule has 0 bridgehead atoms. The SMILES string of the molecule is COc1ccc2c(CCN(C)C)cn(P3(=O)OCCC(c4cc(Cl)cc(Cl)c4)O3)c2c1. The zero-order valence-corrected chi connectivity index (χ0v) is 20.1. The molecular formula is C22H25Cl2N2O4P. The number of methoxy groups -OCH3 is 1. The summed E-state index contributed by atoms with van der Waals surface area (Å²) in [5.41, 5.74) is 2.60. The fraction of sp³-hybridized carbons (Fsp3) is 0.364. The molecular weight excluding hydrogens is 458 g/mol. The molecule has 0 spiro atoms. The van der Waals surface area contributed by atoms with Crippen LogP contribution in [0.5, 0.6) is 5.75 Å². The Morgan fingerprint density at radius 1 is 1.19 bits per heavy atom. The van der Waals surface area contributed by atoms with Crippen LogP contribution in [-0.4, -0.2) is 43.6 Å². The van der Waals surface area contributed by atoms with Gasteiger partial charge in [-0.05, 0) is 62.0 Å². The fourth-order valence-corrected chi connectivity index (χ4v) is 6.18. The van der Waals surface area contributed by atoms with Crippen LogP contribution in [-0.2, 0) is 20.0 Å². The van der Waals surface area contributed by atoms with Gasteiger partial charge in [0.25, 0.3) is 0 Å². The van der Waals surface area contributed by atoms with E-state index in [-0.39, 0.29) is 0 Å². The van der Waals surface area contributed by atoms with Gasteiger partial charge in [-0.3, -0.25) is 13.4 Å². The zero-order valence-electron chi connectivity index (χ0n) is 17.7. The maximum atomic E-state index is 14.0. The summed E-state index contributed by atoms with van der Waals surface area (Å²) in [5.74, 6) is 0.674. The molecule has 4 rings (SSSR count). The Bertz CT molecular complexity index is 1130. The van der Waals surface area contributed by atoms with Gasteiger partial charge in [-0.2, -0.15) is 0 Å². The maximum absolute atomic E-state index is 14.0. The zero-order chi connectivity index (χ0) is 22.2. The van der Waals surface area contributed by atoms with Gasteiger partial charge in [0, 0.05) is 40.7 Å². The van der Waals surface area contributed by atoms with Gasteiger partial charge in [-0.1, -0.05) is 23.2 Å². The second kappa shape index (κ2) is 9.14. The molecule has 166 valence electrons. The molecule has 0 N–H and O–H groups in total. The van der Waals surface area contributed by atoms with Gasteiger partial charge in [0.1, 0.15) is 5.75 Å². The van der Waals surface area contributed by atoms with E-state index in [1.807, 2.05) is 38.5 Å². The highest BCUT2D eigenvalue weighted by Crippen LogP contribution is 2.59. The number of likely N-dealkylation sites (N-methyl/N-ethyl adjacent to an activating group) is 1. The lowest BCUT2D eigenvalue weighted by molar-refractivity contribution is 0.0771. The predicted octanol–water partition coefficient (Wildman–Crippen LogP) is 6.20. The van der Waals surface area contributed by atoms with E-state index in [2.05, 4.69) is 4.90 Å². The number of ether oxygens (including phenoxy) is 1. The van der Waals surface area contributed by atoms with Crippen LogP contribution in [0.25, 0.3) is 10.9 Å². The Labute approximate surface area is 192 Å². The third kappa shape index (κ3) is 4.80. The van der Waals surface area contributed by atoms with Crippen molar-refractivity contribution >= 4 is 41.9 Å². The number of hydrogen-bond acceptors (Lipinski definition) is 5. The molecule has 2 unspecified atom stereocenters. The summed E-state index contributed by atoms with van der Waals surface area (Å²) in [6.07, 6.45) is 2.79. The smallest absolute Gasteiger partial charge is 0.439 e. The summed E-state index contributed by atoms with van der Waals surface area (Å²) in [5, 5.41) is 2.02. The van der Waals surface area contributed by atoms with Crippen LogP contribution in [0.3, 0.4) is 0 Å². The molecule has 0 radical (unpaired) electrons. The van der Waals surface area contributed by atoms with Crippen molar-refractivity contribution in [2.45, 2.75) is 18.9 Å². The molecule has 1 aliphatic heterocycles. The molecule has 2 heterocycles. The molecule has 1 aliphatic rings. The van der Waals surface area contributed by atoms with Crippen molar-refractivity contribution in [2.24, 2.45) is 0 Å². The first-order chi connectivity index (χ1) is 14.8. The first-order valence-electron chi connectivity index (χ1n) is 10.0. The van der Waals surface area contributed by atoms with Crippen molar-refractivity contribution in [3.63, 3.8) is 0 Å². The Morgan fingerprint density at radius 2 is 1.94 bits per heavy atom. The molecule has 2 aromatic carbocycles. The molecule has 0 saturated carbocycles. The van der Waals surface area contributed by atoms with E-state index in [1.54, 1.807) is 29.6 Å². The average Bonchev–Trinajstić information content (AvgIpc) is 3.10. The van der Waals surface area contributed by atoms with Gasteiger partial charge in [-0.15, -0.1) is 0 Å². The molecule has 2 atom stereocenters. The molecule has 0 amide bonds. The van der Waals surface area contributed by atoms with E-state index >= 15 is 0 Å². The van der Waals surface area contributed by atoms with Gasteiger partial charge >= 0.3 is 7.75 Å². The van der Waals surface area contributed by atoms with E-state index in [1.165, 1.54) is 0 Å².